The molecule has 0 aliphatic heterocycles. The van der Waals surface area contributed by atoms with E-state index in [-0.39, 0.29) is 0 Å². The molecule has 0 N–H and O–H groups in total. The molecule has 0 aliphatic rings. The Morgan fingerprint density at radius 2 is 1.25 bits per heavy atom. The molecule has 0 atom stereocenters. The van der Waals surface area contributed by atoms with Crippen LogP contribution < -0.4 is 0 Å². The molecule has 2 aromatic heterocycles. The number of rotatable bonds is 1. The number of hydrogen-bond acceptors (Lipinski definition) is 3. The van der Waals surface area contributed by atoms with Gasteiger partial charge in [-0.1, -0.05) is 30.3 Å². The van der Waals surface area contributed by atoms with Gasteiger partial charge in [0.05, 0.1) is 11.6 Å². The lowest BCUT2D eigenvalue weighted by Crippen LogP contribution is -1.79. The lowest BCUT2D eigenvalue weighted by Gasteiger charge is -1.97. The molecule has 3 aromatic rings. The molecular formula is C17H13N3. The first-order chi connectivity index (χ1) is 9.90. The Morgan fingerprint density at radius 3 is 1.60 bits per heavy atom. The summed E-state index contributed by atoms with van der Waals surface area (Å²) < 4.78 is 0. The van der Waals surface area contributed by atoms with Crippen LogP contribution >= 0.6 is 0 Å². The molecule has 0 fully saturated rings. The molecule has 0 spiro atoms. The Hall–Kier alpha value is -2.99. The van der Waals surface area contributed by atoms with Crippen LogP contribution in [-0.2, 0) is 0 Å². The molecule has 96 valence electrons. The van der Waals surface area contributed by atoms with E-state index in [2.05, 4.69) is 9.97 Å². The van der Waals surface area contributed by atoms with Crippen molar-refractivity contribution in [3.05, 3.63) is 84.9 Å². The quantitative estimate of drug-likeness (QED) is 0.669. The van der Waals surface area contributed by atoms with Crippen molar-refractivity contribution >= 4 is 0 Å². The maximum atomic E-state index is 8.29. The van der Waals surface area contributed by atoms with Crippen LogP contribution in [-0.4, -0.2) is 9.97 Å². The first-order valence-electron chi connectivity index (χ1n) is 6.16. The highest BCUT2D eigenvalue weighted by molar-refractivity contribution is 5.60. The van der Waals surface area contributed by atoms with Gasteiger partial charge in [0.2, 0.25) is 0 Å². The molecule has 3 nitrogen and oxygen atoms in total. The number of hydrogen-bond donors (Lipinski definition) is 0. The molecular weight excluding hydrogens is 246 g/mol. The molecule has 0 radical (unpaired) electrons. The third-order valence-corrected chi connectivity index (χ3v) is 2.56. The summed E-state index contributed by atoms with van der Waals surface area (Å²) in [6.07, 6.45) is 7.19. The van der Waals surface area contributed by atoms with E-state index in [0.29, 0.717) is 5.56 Å². The van der Waals surface area contributed by atoms with Gasteiger partial charge in [0.25, 0.3) is 0 Å². The van der Waals surface area contributed by atoms with Crippen LogP contribution in [0.5, 0.6) is 0 Å². The molecule has 20 heavy (non-hydrogen) atoms. The maximum absolute atomic E-state index is 8.29. The molecule has 0 saturated carbocycles. The average molecular weight is 259 g/mol. The number of aromatic nitrogens is 2. The van der Waals surface area contributed by atoms with Crippen LogP contribution in [0.4, 0.5) is 0 Å². The second kappa shape index (κ2) is 7.45. The first kappa shape index (κ1) is 13.4. The minimum absolute atomic E-state index is 0.715. The fourth-order valence-electron chi connectivity index (χ4n) is 1.58. The third-order valence-electron chi connectivity index (χ3n) is 2.56. The molecule has 3 rings (SSSR count). The molecule has 0 aliphatic carbocycles. The zero-order valence-electron chi connectivity index (χ0n) is 10.8. The summed E-state index contributed by atoms with van der Waals surface area (Å²) in [7, 11) is 0. The Labute approximate surface area is 118 Å². The molecule has 0 bridgehead atoms. The van der Waals surface area contributed by atoms with E-state index in [1.165, 1.54) is 0 Å². The third kappa shape index (κ3) is 4.04. The van der Waals surface area contributed by atoms with E-state index < -0.39 is 0 Å². The van der Waals surface area contributed by atoms with Gasteiger partial charge < -0.3 is 0 Å². The summed E-state index contributed by atoms with van der Waals surface area (Å²) in [6.45, 7) is 0. The second-order valence-electron chi connectivity index (χ2n) is 3.96. The number of nitrogens with zero attached hydrogens (tertiary/aromatic N) is 3. The standard InChI is InChI=1S/C10H8N2.C7H5N/c1-3-9(7-11-5-1)10-4-2-6-12-8-10;8-6-7-4-2-1-3-5-7/h1-8H;1-5H. The van der Waals surface area contributed by atoms with Crippen LogP contribution in [0.1, 0.15) is 5.56 Å². The fraction of sp³-hybridized carbons (Fsp3) is 0. The fourth-order valence-corrected chi connectivity index (χ4v) is 1.58. The molecule has 2 heterocycles. The summed E-state index contributed by atoms with van der Waals surface area (Å²) >= 11 is 0. The molecule has 3 heteroatoms. The zero-order chi connectivity index (χ0) is 14.0. The van der Waals surface area contributed by atoms with Crippen molar-refractivity contribution in [2.45, 2.75) is 0 Å². The first-order valence-corrected chi connectivity index (χ1v) is 6.16. The highest BCUT2D eigenvalue weighted by Gasteiger charge is 1.93. The summed E-state index contributed by atoms with van der Waals surface area (Å²) in [4.78, 5) is 8.07. The van der Waals surface area contributed by atoms with E-state index in [1.54, 1.807) is 24.5 Å². The monoisotopic (exact) mass is 259 g/mol. The van der Waals surface area contributed by atoms with Gasteiger partial charge in [0.15, 0.2) is 0 Å². The van der Waals surface area contributed by atoms with Gasteiger partial charge in [-0.15, -0.1) is 0 Å². The largest absolute Gasteiger partial charge is 0.264 e. The summed E-state index contributed by atoms with van der Waals surface area (Å²) in [5, 5.41) is 8.29. The van der Waals surface area contributed by atoms with E-state index in [4.69, 9.17) is 5.26 Å². The van der Waals surface area contributed by atoms with Gasteiger partial charge >= 0.3 is 0 Å². The lowest BCUT2D eigenvalue weighted by atomic mass is 10.1. The van der Waals surface area contributed by atoms with Crippen molar-refractivity contribution in [2.75, 3.05) is 0 Å². The highest BCUT2D eigenvalue weighted by Crippen LogP contribution is 2.14. The van der Waals surface area contributed by atoms with Gasteiger partial charge in [-0.3, -0.25) is 9.97 Å². The number of benzene rings is 1. The van der Waals surface area contributed by atoms with Gasteiger partial charge in [-0.25, -0.2) is 0 Å². The normalized spacial score (nSPS) is 8.95. The Balaban J connectivity index is 0.000000160. The van der Waals surface area contributed by atoms with Crippen molar-refractivity contribution in [1.82, 2.24) is 9.97 Å². The minimum Gasteiger partial charge on any atom is -0.264 e. The molecule has 0 amide bonds. The van der Waals surface area contributed by atoms with Crippen LogP contribution in [0.25, 0.3) is 11.1 Å². The Bertz CT molecular complexity index is 621. The van der Waals surface area contributed by atoms with E-state index in [1.807, 2.05) is 60.9 Å². The topological polar surface area (TPSA) is 49.6 Å². The number of pyridine rings is 2. The van der Waals surface area contributed by atoms with Gasteiger partial charge in [-0.2, -0.15) is 5.26 Å². The highest BCUT2D eigenvalue weighted by atomic mass is 14.6. The number of nitriles is 1. The van der Waals surface area contributed by atoms with Crippen molar-refractivity contribution in [1.29, 1.82) is 5.26 Å². The molecule has 1 aromatic carbocycles. The minimum atomic E-state index is 0.715. The van der Waals surface area contributed by atoms with E-state index in [0.717, 1.165) is 11.1 Å². The van der Waals surface area contributed by atoms with E-state index >= 15 is 0 Å². The van der Waals surface area contributed by atoms with Crippen LogP contribution in [0.15, 0.2) is 79.4 Å². The van der Waals surface area contributed by atoms with Crippen molar-refractivity contribution in [3.63, 3.8) is 0 Å². The molecule has 0 saturated heterocycles. The summed E-state index contributed by atoms with van der Waals surface area (Å²) in [5.41, 5.74) is 2.92. The smallest absolute Gasteiger partial charge is 0.0991 e. The predicted octanol–water partition coefficient (Wildman–Crippen LogP) is 3.70. The Morgan fingerprint density at radius 1 is 0.700 bits per heavy atom. The van der Waals surface area contributed by atoms with Crippen LogP contribution in [0, 0.1) is 11.3 Å². The molecule has 0 unspecified atom stereocenters. The predicted molar refractivity (Wildman–Crippen MR) is 78.6 cm³/mol. The van der Waals surface area contributed by atoms with Gasteiger partial charge in [0.1, 0.15) is 0 Å². The zero-order valence-corrected chi connectivity index (χ0v) is 10.8. The SMILES string of the molecule is N#Cc1ccccc1.c1cncc(-c2cccnc2)c1. The van der Waals surface area contributed by atoms with E-state index in [9.17, 15) is 0 Å². The lowest BCUT2D eigenvalue weighted by molar-refractivity contribution is 1.30. The Kier molecular flexibility index (Phi) is 5.00. The average Bonchev–Trinajstić information content (AvgIpc) is 2.58. The maximum Gasteiger partial charge on any atom is 0.0991 e. The van der Waals surface area contributed by atoms with Crippen LogP contribution in [0.2, 0.25) is 0 Å². The second-order valence-corrected chi connectivity index (χ2v) is 3.96. The van der Waals surface area contributed by atoms with Gasteiger partial charge in [-0.05, 0) is 24.3 Å². The van der Waals surface area contributed by atoms with Crippen LogP contribution in [0.3, 0.4) is 0 Å². The van der Waals surface area contributed by atoms with Gasteiger partial charge in [0, 0.05) is 35.9 Å². The van der Waals surface area contributed by atoms with Crippen molar-refractivity contribution < 1.29 is 0 Å². The summed E-state index contributed by atoms with van der Waals surface area (Å²) in [5.74, 6) is 0. The summed E-state index contributed by atoms with van der Waals surface area (Å²) in [6, 6.07) is 19.0. The van der Waals surface area contributed by atoms with Crippen molar-refractivity contribution in [2.24, 2.45) is 0 Å². The van der Waals surface area contributed by atoms with Crippen molar-refractivity contribution in [3.8, 4) is 17.2 Å².